The minimum atomic E-state index is -4.69. The fraction of sp³-hybridized carbons (Fsp3) is 0.278. The zero-order valence-electron chi connectivity index (χ0n) is 14.3. The molecule has 0 heterocycles. The van der Waals surface area contributed by atoms with E-state index in [2.05, 4.69) is 0 Å². The lowest BCUT2D eigenvalue weighted by Gasteiger charge is -2.10. The number of aliphatic carboxylic acids is 1. The molecule has 0 aliphatic carbocycles. The van der Waals surface area contributed by atoms with Crippen LogP contribution in [-0.4, -0.2) is 24.0 Å². The summed E-state index contributed by atoms with van der Waals surface area (Å²) in [6.07, 6.45) is 0. The highest BCUT2D eigenvalue weighted by Crippen LogP contribution is 2.25. The summed E-state index contributed by atoms with van der Waals surface area (Å²) in [5.41, 5.74) is 1.77. The molecule has 0 aromatic heterocycles. The van der Waals surface area contributed by atoms with E-state index in [1.54, 1.807) is 12.1 Å². The van der Waals surface area contributed by atoms with Gasteiger partial charge < -0.3 is 5.11 Å². The van der Waals surface area contributed by atoms with Gasteiger partial charge in [0.2, 0.25) is 5.25 Å². The highest BCUT2D eigenvalue weighted by Gasteiger charge is 2.32. The molecule has 0 fully saturated rings. The Morgan fingerprint density at radius 1 is 0.833 bits per heavy atom. The molecule has 1 unspecified atom stereocenters. The van der Waals surface area contributed by atoms with Crippen LogP contribution in [0.4, 0.5) is 0 Å². The van der Waals surface area contributed by atoms with Crippen molar-refractivity contribution in [3.8, 4) is 11.1 Å². The first-order chi connectivity index (χ1) is 11.4. The third-order valence-electron chi connectivity index (χ3n) is 2.84. The van der Waals surface area contributed by atoms with E-state index in [1.165, 1.54) is 12.1 Å². The number of benzene rings is 2. The first-order valence-corrected chi connectivity index (χ1v) is 9.24. The zero-order valence-corrected chi connectivity index (χ0v) is 15.1. The van der Waals surface area contributed by atoms with Crippen molar-refractivity contribution in [2.24, 2.45) is 0 Å². The number of carboxylic acids is 1. The molecule has 0 aliphatic rings. The van der Waals surface area contributed by atoms with Crippen molar-refractivity contribution in [1.29, 1.82) is 0 Å². The highest BCUT2D eigenvalue weighted by molar-refractivity contribution is 7.86. The lowest BCUT2D eigenvalue weighted by atomic mass is 10.0. The lowest BCUT2D eigenvalue weighted by Crippen LogP contribution is -2.21. The third kappa shape index (κ3) is 6.14. The van der Waals surface area contributed by atoms with Crippen LogP contribution in [0.3, 0.4) is 0 Å². The van der Waals surface area contributed by atoms with Gasteiger partial charge in [0.05, 0.1) is 0 Å². The minimum Gasteiger partial charge on any atom is -0.480 e. The van der Waals surface area contributed by atoms with Gasteiger partial charge >= 0.3 is 5.97 Å². The van der Waals surface area contributed by atoms with Gasteiger partial charge in [-0.2, -0.15) is 8.42 Å². The van der Waals surface area contributed by atoms with Crippen LogP contribution in [0.1, 0.15) is 38.5 Å². The average molecular weight is 352 g/mol. The van der Waals surface area contributed by atoms with Crippen LogP contribution in [0.15, 0.2) is 54.6 Å². The quantitative estimate of drug-likeness (QED) is 0.795. The molecule has 6 heteroatoms. The number of carbonyl (C=O) groups is 1. The normalized spacial score (nSPS) is 11.2. The van der Waals surface area contributed by atoms with E-state index in [0.717, 1.165) is 11.1 Å². The fourth-order valence-corrected chi connectivity index (χ4v) is 2.68. The minimum absolute atomic E-state index is 0.0136. The van der Waals surface area contributed by atoms with Crippen LogP contribution in [-0.2, 0) is 14.9 Å². The van der Waals surface area contributed by atoms with Crippen molar-refractivity contribution in [2.45, 2.75) is 32.9 Å². The van der Waals surface area contributed by atoms with Crippen molar-refractivity contribution >= 4 is 16.1 Å². The van der Waals surface area contributed by atoms with E-state index >= 15 is 0 Å². The van der Waals surface area contributed by atoms with Crippen molar-refractivity contribution in [3.63, 3.8) is 0 Å². The molecule has 0 spiro atoms. The number of hydrogen-bond acceptors (Lipinski definition) is 3. The Morgan fingerprint density at radius 3 is 1.62 bits per heavy atom. The first-order valence-electron chi connectivity index (χ1n) is 7.74. The molecule has 0 amide bonds. The van der Waals surface area contributed by atoms with E-state index in [9.17, 15) is 13.2 Å². The Balaban J connectivity index is 0.00000123. The zero-order chi connectivity index (χ0) is 18.8. The predicted octanol–water partition coefficient (Wildman–Crippen LogP) is 4.42. The molecule has 2 rings (SSSR count). The van der Waals surface area contributed by atoms with Crippen LogP contribution in [0.2, 0.25) is 0 Å². The summed E-state index contributed by atoms with van der Waals surface area (Å²) in [6, 6.07) is 15.4. The van der Waals surface area contributed by atoms with Crippen LogP contribution >= 0.6 is 0 Å². The molecule has 0 saturated heterocycles. The Kier molecular flexibility index (Phi) is 9.61. The van der Waals surface area contributed by atoms with Crippen molar-refractivity contribution in [1.82, 2.24) is 0 Å². The van der Waals surface area contributed by atoms with Gasteiger partial charge in [-0.05, 0) is 16.7 Å². The Bertz CT molecular complexity index is 707. The number of hydrogen-bond donors (Lipinski definition) is 2. The highest BCUT2D eigenvalue weighted by atomic mass is 32.2. The Hall–Kier alpha value is -2.18. The van der Waals surface area contributed by atoms with Gasteiger partial charge in [-0.15, -0.1) is 0 Å². The first kappa shape index (κ1) is 21.8. The van der Waals surface area contributed by atoms with E-state index in [0.29, 0.717) is 0 Å². The number of carboxylic acid groups (broad SMARTS) is 1. The predicted molar refractivity (Wildman–Crippen MR) is 96.5 cm³/mol. The van der Waals surface area contributed by atoms with Crippen molar-refractivity contribution in [3.05, 3.63) is 60.2 Å². The second-order valence-electron chi connectivity index (χ2n) is 4.22. The number of rotatable bonds is 4. The van der Waals surface area contributed by atoms with Gasteiger partial charge in [0.15, 0.2) is 0 Å². The standard InChI is InChI=1S/C14H12O5S.2C2H6/c15-14(16)13(20(17,18)19)12-8-6-11(7-9-12)10-4-2-1-3-5-10;2*1-2/h1-9,13H,(H,15,16)(H,17,18,19);2*1-2H3. The Labute approximate surface area is 143 Å². The molecule has 0 bridgehead atoms. The second kappa shape index (κ2) is 10.6. The molecule has 2 aromatic rings. The summed E-state index contributed by atoms with van der Waals surface area (Å²) >= 11 is 0. The fourth-order valence-electron chi connectivity index (χ4n) is 1.92. The molecule has 0 saturated carbocycles. The van der Waals surface area contributed by atoms with Crippen LogP contribution in [0.25, 0.3) is 11.1 Å². The molecule has 132 valence electrons. The van der Waals surface area contributed by atoms with Gasteiger partial charge in [0, 0.05) is 0 Å². The average Bonchev–Trinajstić information content (AvgIpc) is 2.58. The van der Waals surface area contributed by atoms with Gasteiger partial charge in [0.1, 0.15) is 0 Å². The molecule has 1 atom stereocenters. The smallest absolute Gasteiger partial charge is 0.329 e. The molecule has 0 aliphatic heterocycles. The molecule has 24 heavy (non-hydrogen) atoms. The summed E-state index contributed by atoms with van der Waals surface area (Å²) < 4.78 is 31.2. The summed E-state index contributed by atoms with van der Waals surface area (Å²) in [7, 11) is -4.69. The third-order valence-corrected chi connectivity index (χ3v) is 3.91. The second-order valence-corrected chi connectivity index (χ2v) is 5.72. The molecular weight excluding hydrogens is 328 g/mol. The SMILES string of the molecule is CC.CC.O=C(O)C(c1ccc(-c2ccccc2)cc1)S(=O)(=O)O. The molecule has 5 nitrogen and oxygen atoms in total. The lowest BCUT2D eigenvalue weighted by molar-refractivity contribution is -0.136. The molecule has 2 aromatic carbocycles. The van der Waals surface area contributed by atoms with E-state index in [-0.39, 0.29) is 5.56 Å². The van der Waals surface area contributed by atoms with E-state index < -0.39 is 21.3 Å². The molecule has 0 radical (unpaired) electrons. The summed E-state index contributed by atoms with van der Waals surface area (Å²) in [4.78, 5) is 11.0. The molecular formula is C18H24O5S. The molecule has 2 N–H and O–H groups in total. The van der Waals surface area contributed by atoms with Crippen LogP contribution in [0.5, 0.6) is 0 Å². The van der Waals surface area contributed by atoms with Crippen LogP contribution < -0.4 is 0 Å². The maximum atomic E-state index is 11.1. The van der Waals surface area contributed by atoms with Gasteiger partial charge in [-0.3, -0.25) is 9.35 Å². The monoisotopic (exact) mass is 352 g/mol. The summed E-state index contributed by atoms with van der Waals surface area (Å²) in [5, 5.41) is 6.94. The van der Waals surface area contributed by atoms with Crippen molar-refractivity contribution in [2.75, 3.05) is 0 Å². The maximum absolute atomic E-state index is 11.1. The maximum Gasteiger partial charge on any atom is 0.329 e. The van der Waals surface area contributed by atoms with Crippen LogP contribution in [0, 0.1) is 0 Å². The largest absolute Gasteiger partial charge is 0.480 e. The van der Waals surface area contributed by atoms with Gasteiger partial charge in [-0.25, -0.2) is 0 Å². The summed E-state index contributed by atoms with van der Waals surface area (Å²) in [6.45, 7) is 8.00. The van der Waals surface area contributed by atoms with Gasteiger partial charge in [0.25, 0.3) is 10.1 Å². The summed E-state index contributed by atoms with van der Waals surface area (Å²) in [5.74, 6) is -1.61. The van der Waals surface area contributed by atoms with E-state index in [1.807, 2.05) is 58.0 Å². The van der Waals surface area contributed by atoms with Crippen molar-refractivity contribution < 1.29 is 22.9 Å². The Morgan fingerprint density at radius 2 is 1.25 bits per heavy atom. The van der Waals surface area contributed by atoms with Gasteiger partial charge in [-0.1, -0.05) is 82.3 Å². The topological polar surface area (TPSA) is 91.7 Å². The van der Waals surface area contributed by atoms with E-state index in [4.69, 9.17) is 9.66 Å².